The molecule has 1 aromatic heterocycles. The molecule has 0 radical (unpaired) electrons. The molecule has 3 heteroatoms. The molecule has 0 N–H and O–H groups in total. The van der Waals surface area contributed by atoms with Gasteiger partial charge in [-0.1, -0.05) is 15.9 Å². The lowest BCUT2D eigenvalue weighted by Gasteiger charge is -1.96. The summed E-state index contributed by atoms with van der Waals surface area (Å²) >= 11 is 3.13. The van der Waals surface area contributed by atoms with Gasteiger partial charge >= 0.3 is 0 Å². The van der Waals surface area contributed by atoms with Gasteiger partial charge in [0.25, 0.3) is 0 Å². The van der Waals surface area contributed by atoms with Gasteiger partial charge in [-0.25, -0.2) is 4.39 Å². The third-order valence-corrected chi connectivity index (χ3v) is 1.71. The third kappa shape index (κ3) is 1.53. The van der Waals surface area contributed by atoms with E-state index >= 15 is 0 Å². The van der Waals surface area contributed by atoms with Crippen molar-refractivity contribution < 1.29 is 4.39 Å². The van der Waals surface area contributed by atoms with Crippen molar-refractivity contribution in [3.05, 3.63) is 29.3 Å². The Bertz CT molecular complexity index is 237. The van der Waals surface area contributed by atoms with E-state index in [1.54, 1.807) is 6.20 Å². The molecule has 1 nitrogen and oxygen atoms in total. The summed E-state index contributed by atoms with van der Waals surface area (Å²) in [4.78, 5) is 3.87. The van der Waals surface area contributed by atoms with Crippen LogP contribution in [0.2, 0.25) is 0 Å². The summed E-state index contributed by atoms with van der Waals surface area (Å²) in [7, 11) is 0. The highest BCUT2D eigenvalue weighted by atomic mass is 79.9. The summed E-state index contributed by atoms with van der Waals surface area (Å²) in [5, 5.41) is 0.471. The van der Waals surface area contributed by atoms with E-state index in [2.05, 4.69) is 20.9 Å². The zero-order valence-corrected chi connectivity index (χ0v) is 7.15. The predicted molar refractivity (Wildman–Crippen MR) is 41.6 cm³/mol. The summed E-state index contributed by atoms with van der Waals surface area (Å²) < 4.78 is 12.8. The van der Waals surface area contributed by atoms with Crippen LogP contribution in [0.25, 0.3) is 0 Å². The molecular weight excluding hydrogens is 197 g/mol. The van der Waals surface area contributed by atoms with Crippen molar-refractivity contribution in [3.8, 4) is 0 Å². The summed E-state index contributed by atoms with van der Waals surface area (Å²) in [6.45, 7) is 1.81. The lowest BCUT2D eigenvalue weighted by atomic mass is 10.3. The molecule has 0 aliphatic carbocycles. The first-order valence-corrected chi connectivity index (χ1v) is 4.03. The van der Waals surface area contributed by atoms with E-state index in [4.69, 9.17) is 0 Å². The van der Waals surface area contributed by atoms with Crippen molar-refractivity contribution >= 4 is 15.9 Å². The molecule has 1 rings (SSSR count). The first kappa shape index (κ1) is 7.66. The van der Waals surface area contributed by atoms with Gasteiger partial charge in [0.05, 0.1) is 5.69 Å². The second kappa shape index (κ2) is 3.10. The molecule has 0 bridgehead atoms. The Labute approximate surface area is 67.4 Å². The van der Waals surface area contributed by atoms with E-state index in [-0.39, 0.29) is 5.82 Å². The number of nitrogens with zero attached hydrogens (tertiary/aromatic N) is 1. The van der Waals surface area contributed by atoms with Crippen LogP contribution in [0.5, 0.6) is 0 Å². The second-order valence-corrected chi connectivity index (χ2v) is 2.64. The number of aromatic nitrogens is 1. The standard InChI is InChI=1S/C7H7BrFN/c1-5-2-6(9)7(3-8)10-4-5/h2,4H,3H2,1H3. The number of halogens is 2. The zero-order chi connectivity index (χ0) is 7.56. The van der Waals surface area contributed by atoms with Crippen molar-refractivity contribution in [1.82, 2.24) is 4.98 Å². The minimum atomic E-state index is -0.239. The van der Waals surface area contributed by atoms with Gasteiger partial charge in [-0.05, 0) is 18.6 Å². The number of hydrogen-bond acceptors (Lipinski definition) is 1. The highest BCUT2D eigenvalue weighted by Gasteiger charge is 1.99. The molecule has 0 fully saturated rings. The monoisotopic (exact) mass is 203 g/mol. The van der Waals surface area contributed by atoms with Crippen LogP contribution in [0.4, 0.5) is 4.39 Å². The highest BCUT2D eigenvalue weighted by molar-refractivity contribution is 9.08. The van der Waals surface area contributed by atoms with Gasteiger partial charge in [0, 0.05) is 11.5 Å². The Hall–Kier alpha value is -0.440. The number of alkyl halides is 1. The molecule has 0 saturated heterocycles. The molecule has 1 heterocycles. The van der Waals surface area contributed by atoms with Crippen LogP contribution in [0.1, 0.15) is 11.3 Å². The van der Waals surface area contributed by atoms with Gasteiger partial charge in [0.15, 0.2) is 0 Å². The molecule has 1 aromatic rings. The zero-order valence-electron chi connectivity index (χ0n) is 5.56. The Morgan fingerprint density at radius 3 is 2.90 bits per heavy atom. The Balaban J connectivity index is 3.07. The molecular formula is C7H7BrFN. The van der Waals surface area contributed by atoms with Gasteiger partial charge in [0.2, 0.25) is 0 Å². The molecule has 10 heavy (non-hydrogen) atoms. The van der Waals surface area contributed by atoms with E-state index in [1.807, 2.05) is 6.92 Å². The molecule has 0 aliphatic heterocycles. The lowest BCUT2D eigenvalue weighted by molar-refractivity contribution is 0.607. The van der Waals surface area contributed by atoms with E-state index < -0.39 is 0 Å². The maximum atomic E-state index is 12.8. The Kier molecular flexibility index (Phi) is 2.38. The van der Waals surface area contributed by atoms with Gasteiger partial charge < -0.3 is 0 Å². The van der Waals surface area contributed by atoms with Crippen LogP contribution in [-0.2, 0) is 5.33 Å². The normalized spacial score (nSPS) is 9.90. The smallest absolute Gasteiger partial charge is 0.145 e. The van der Waals surface area contributed by atoms with Crippen LogP contribution in [-0.4, -0.2) is 4.98 Å². The third-order valence-electron chi connectivity index (χ3n) is 1.18. The minimum Gasteiger partial charge on any atom is -0.257 e. The van der Waals surface area contributed by atoms with Gasteiger partial charge in [-0.15, -0.1) is 0 Å². The van der Waals surface area contributed by atoms with Gasteiger partial charge in [-0.2, -0.15) is 0 Å². The van der Waals surface area contributed by atoms with Crippen molar-refractivity contribution in [2.24, 2.45) is 0 Å². The van der Waals surface area contributed by atoms with Gasteiger partial charge in [0.1, 0.15) is 5.82 Å². The molecule has 0 aliphatic rings. The van der Waals surface area contributed by atoms with Crippen LogP contribution < -0.4 is 0 Å². The first-order chi connectivity index (χ1) is 4.74. The van der Waals surface area contributed by atoms with Crippen LogP contribution in [0.15, 0.2) is 12.3 Å². The van der Waals surface area contributed by atoms with Crippen LogP contribution in [0.3, 0.4) is 0 Å². The first-order valence-electron chi connectivity index (χ1n) is 2.91. The summed E-state index contributed by atoms with van der Waals surface area (Å²) in [5.41, 5.74) is 1.31. The number of rotatable bonds is 1. The molecule has 0 unspecified atom stereocenters. The second-order valence-electron chi connectivity index (χ2n) is 2.07. The quantitative estimate of drug-likeness (QED) is 0.640. The molecule has 54 valence electrons. The Morgan fingerprint density at radius 1 is 1.70 bits per heavy atom. The fraction of sp³-hybridized carbons (Fsp3) is 0.286. The van der Waals surface area contributed by atoms with E-state index in [1.165, 1.54) is 6.07 Å². The summed E-state index contributed by atoms with van der Waals surface area (Å²) in [5.74, 6) is -0.239. The Morgan fingerprint density at radius 2 is 2.40 bits per heavy atom. The van der Waals surface area contributed by atoms with Crippen molar-refractivity contribution in [3.63, 3.8) is 0 Å². The van der Waals surface area contributed by atoms with Gasteiger partial charge in [-0.3, -0.25) is 4.98 Å². The van der Waals surface area contributed by atoms with Crippen LogP contribution in [0, 0.1) is 12.7 Å². The highest BCUT2D eigenvalue weighted by Crippen LogP contribution is 2.08. The maximum absolute atomic E-state index is 12.8. The van der Waals surface area contributed by atoms with Crippen molar-refractivity contribution in [1.29, 1.82) is 0 Å². The number of pyridine rings is 1. The molecule has 0 aromatic carbocycles. The number of aryl methyl sites for hydroxylation is 1. The fourth-order valence-corrected chi connectivity index (χ4v) is 1.07. The topological polar surface area (TPSA) is 12.9 Å². The largest absolute Gasteiger partial charge is 0.257 e. The molecule has 0 spiro atoms. The molecule has 0 saturated carbocycles. The van der Waals surface area contributed by atoms with E-state index in [0.29, 0.717) is 11.0 Å². The maximum Gasteiger partial charge on any atom is 0.145 e. The number of hydrogen-bond donors (Lipinski definition) is 0. The summed E-state index contributed by atoms with van der Waals surface area (Å²) in [6.07, 6.45) is 1.65. The average Bonchev–Trinajstić information content (AvgIpc) is 1.88. The molecule has 0 amide bonds. The van der Waals surface area contributed by atoms with Crippen molar-refractivity contribution in [2.75, 3.05) is 0 Å². The summed E-state index contributed by atoms with van der Waals surface area (Å²) in [6, 6.07) is 1.48. The minimum absolute atomic E-state index is 0.239. The van der Waals surface area contributed by atoms with E-state index in [9.17, 15) is 4.39 Å². The molecule has 0 atom stereocenters. The van der Waals surface area contributed by atoms with E-state index in [0.717, 1.165) is 5.56 Å². The predicted octanol–water partition coefficient (Wildman–Crippen LogP) is 2.42. The average molecular weight is 204 g/mol. The fourth-order valence-electron chi connectivity index (χ4n) is 0.660. The lowest BCUT2D eigenvalue weighted by Crippen LogP contribution is -1.91. The SMILES string of the molecule is Cc1cnc(CBr)c(F)c1. The van der Waals surface area contributed by atoms with Crippen molar-refractivity contribution in [2.45, 2.75) is 12.3 Å². The van der Waals surface area contributed by atoms with Crippen LogP contribution >= 0.6 is 15.9 Å².